The first-order valence-electron chi connectivity index (χ1n) is 7.67. The van der Waals surface area contributed by atoms with Crippen molar-refractivity contribution >= 4 is 5.91 Å². The molecule has 2 aliphatic rings. The smallest absolute Gasteiger partial charge is 0.273 e. The highest BCUT2D eigenvalue weighted by Crippen LogP contribution is 2.40. The maximum Gasteiger partial charge on any atom is 0.273 e. The zero-order valence-corrected chi connectivity index (χ0v) is 12.5. The number of nitrogens with zero attached hydrogens (tertiary/aromatic N) is 2. The van der Waals surface area contributed by atoms with E-state index in [-0.39, 0.29) is 11.9 Å². The predicted octanol–water partition coefficient (Wildman–Crippen LogP) is 1.96. The fourth-order valence-electron chi connectivity index (χ4n) is 2.96. The molecule has 1 aliphatic heterocycles. The standard InChI is InChI=1S/C15H22FN3O2/c1-9-6-19(7-10(2)16)8-13(9)17-15(20)12-5-14(21-18-12)11-3-4-11/h5,9-11,13H,3-4,6-8H2,1-2H3,(H,17,20)/t9-,10?,13+/m0/s1. The van der Waals surface area contributed by atoms with E-state index in [4.69, 9.17) is 4.52 Å². The minimum absolute atomic E-state index is 0.0392. The molecule has 1 unspecified atom stereocenters. The summed E-state index contributed by atoms with van der Waals surface area (Å²) in [6, 6.07) is 1.78. The van der Waals surface area contributed by atoms with Crippen molar-refractivity contribution in [3.05, 3.63) is 17.5 Å². The topological polar surface area (TPSA) is 58.4 Å². The van der Waals surface area contributed by atoms with Gasteiger partial charge in [-0.1, -0.05) is 12.1 Å². The fourth-order valence-corrected chi connectivity index (χ4v) is 2.96. The number of halogens is 1. The van der Waals surface area contributed by atoms with Crippen molar-refractivity contribution < 1.29 is 13.7 Å². The number of nitrogens with one attached hydrogen (secondary N) is 1. The quantitative estimate of drug-likeness (QED) is 0.902. The summed E-state index contributed by atoms with van der Waals surface area (Å²) in [5.74, 6) is 1.37. The molecule has 1 saturated carbocycles. The number of likely N-dealkylation sites (tertiary alicyclic amines) is 1. The lowest BCUT2D eigenvalue weighted by atomic mass is 10.1. The number of rotatable bonds is 5. The molecule has 2 heterocycles. The van der Waals surface area contributed by atoms with E-state index in [1.54, 1.807) is 13.0 Å². The van der Waals surface area contributed by atoms with E-state index in [0.29, 0.717) is 30.6 Å². The molecule has 0 aromatic carbocycles. The third kappa shape index (κ3) is 3.43. The van der Waals surface area contributed by atoms with Gasteiger partial charge in [0, 0.05) is 37.7 Å². The molecule has 1 saturated heterocycles. The number of alkyl halides is 1. The number of hydrogen-bond donors (Lipinski definition) is 1. The van der Waals surface area contributed by atoms with Crippen LogP contribution in [0.25, 0.3) is 0 Å². The van der Waals surface area contributed by atoms with Gasteiger partial charge >= 0.3 is 0 Å². The summed E-state index contributed by atoms with van der Waals surface area (Å²) in [6.07, 6.45) is 1.39. The van der Waals surface area contributed by atoms with E-state index in [1.807, 2.05) is 0 Å². The first kappa shape index (κ1) is 14.5. The zero-order valence-electron chi connectivity index (χ0n) is 12.5. The van der Waals surface area contributed by atoms with Crippen LogP contribution >= 0.6 is 0 Å². The SMILES string of the molecule is CC(F)CN1C[C@H](C)[C@H](NC(=O)c2cc(C3CC3)on2)C1. The van der Waals surface area contributed by atoms with Gasteiger partial charge in [0.2, 0.25) is 0 Å². The second kappa shape index (κ2) is 5.75. The molecule has 0 bridgehead atoms. The lowest BCUT2D eigenvalue weighted by Gasteiger charge is -2.17. The monoisotopic (exact) mass is 295 g/mol. The zero-order chi connectivity index (χ0) is 15.0. The molecule has 5 nitrogen and oxygen atoms in total. The summed E-state index contributed by atoms with van der Waals surface area (Å²) >= 11 is 0. The fraction of sp³-hybridized carbons (Fsp3) is 0.733. The first-order valence-corrected chi connectivity index (χ1v) is 7.67. The first-order chi connectivity index (χ1) is 10.0. The molecule has 0 radical (unpaired) electrons. The summed E-state index contributed by atoms with van der Waals surface area (Å²) in [6.45, 7) is 5.56. The van der Waals surface area contributed by atoms with Crippen LogP contribution in [0, 0.1) is 5.92 Å². The minimum atomic E-state index is -0.844. The lowest BCUT2D eigenvalue weighted by molar-refractivity contribution is 0.0922. The van der Waals surface area contributed by atoms with Gasteiger partial charge in [-0.2, -0.15) is 0 Å². The molecule has 0 spiro atoms. The summed E-state index contributed by atoms with van der Waals surface area (Å²) in [7, 11) is 0. The second-order valence-corrected chi connectivity index (χ2v) is 6.45. The number of carbonyl (C=O) groups is 1. The Morgan fingerprint density at radius 2 is 2.33 bits per heavy atom. The molecule has 21 heavy (non-hydrogen) atoms. The van der Waals surface area contributed by atoms with Gasteiger partial charge in [0.15, 0.2) is 5.69 Å². The number of aromatic nitrogens is 1. The summed E-state index contributed by atoms with van der Waals surface area (Å²) in [4.78, 5) is 14.3. The van der Waals surface area contributed by atoms with Crippen molar-refractivity contribution in [2.45, 2.75) is 44.8 Å². The molecule has 3 atom stereocenters. The number of carbonyl (C=O) groups excluding carboxylic acids is 1. The van der Waals surface area contributed by atoms with E-state index in [1.165, 1.54) is 0 Å². The summed E-state index contributed by atoms with van der Waals surface area (Å²) in [5.41, 5.74) is 0.349. The molecule has 6 heteroatoms. The largest absolute Gasteiger partial charge is 0.360 e. The van der Waals surface area contributed by atoms with Gasteiger partial charge in [0.25, 0.3) is 5.91 Å². The molecule has 1 aromatic heterocycles. The van der Waals surface area contributed by atoms with Gasteiger partial charge in [-0.15, -0.1) is 0 Å². The Kier molecular flexibility index (Phi) is 3.97. The van der Waals surface area contributed by atoms with Crippen molar-refractivity contribution in [2.24, 2.45) is 5.92 Å². The van der Waals surface area contributed by atoms with Crippen LogP contribution in [0.2, 0.25) is 0 Å². The molecule has 1 amide bonds. The van der Waals surface area contributed by atoms with Crippen LogP contribution in [0.15, 0.2) is 10.6 Å². The van der Waals surface area contributed by atoms with Crippen molar-refractivity contribution in [1.82, 2.24) is 15.4 Å². The van der Waals surface area contributed by atoms with Gasteiger partial charge in [-0.3, -0.25) is 9.69 Å². The van der Waals surface area contributed by atoms with Crippen molar-refractivity contribution in [3.8, 4) is 0 Å². The highest BCUT2D eigenvalue weighted by atomic mass is 19.1. The highest BCUT2D eigenvalue weighted by molar-refractivity contribution is 5.92. The van der Waals surface area contributed by atoms with Crippen LogP contribution < -0.4 is 5.32 Å². The van der Waals surface area contributed by atoms with Crippen LogP contribution in [-0.4, -0.2) is 47.8 Å². The average molecular weight is 295 g/mol. The van der Waals surface area contributed by atoms with Crippen LogP contribution in [0.3, 0.4) is 0 Å². The molecule has 3 rings (SSSR count). The maximum atomic E-state index is 13.1. The predicted molar refractivity (Wildman–Crippen MR) is 75.9 cm³/mol. The van der Waals surface area contributed by atoms with Crippen LogP contribution in [0.4, 0.5) is 4.39 Å². The molecule has 2 fully saturated rings. The Balaban J connectivity index is 1.56. The van der Waals surface area contributed by atoms with E-state index < -0.39 is 6.17 Å². The van der Waals surface area contributed by atoms with E-state index in [9.17, 15) is 9.18 Å². The van der Waals surface area contributed by atoms with Crippen molar-refractivity contribution in [3.63, 3.8) is 0 Å². The minimum Gasteiger partial charge on any atom is -0.360 e. The highest BCUT2D eigenvalue weighted by Gasteiger charge is 2.33. The number of hydrogen-bond acceptors (Lipinski definition) is 4. The Morgan fingerprint density at radius 1 is 1.57 bits per heavy atom. The summed E-state index contributed by atoms with van der Waals surface area (Å²) in [5, 5.41) is 6.85. The molecule has 1 aliphatic carbocycles. The van der Waals surface area contributed by atoms with E-state index in [0.717, 1.165) is 25.1 Å². The number of amides is 1. The van der Waals surface area contributed by atoms with Gasteiger partial charge in [0.05, 0.1) is 0 Å². The third-order valence-corrected chi connectivity index (χ3v) is 4.25. The third-order valence-electron chi connectivity index (χ3n) is 4.25. The van der Waals surface area contributed by atoms with Crippen LogP contribution in [-0.2, 0) is 0 Å². The Bertz CT molecular complexity index is 513. The van der Waals surface area contributed by atoms with Crippen LogP contribution in [0.5, 0.6) is 0 Å². The molecular weight excluding hydrogens is 273 g/mol. The van der Waals surface area contributed by atoms with Crippen LogP contribution in [0.1, 0.15) is 48.9 Å². The Labute approximate surface area is 123 Å². The Hall–Kier alpha value is -1.43. The second-order valence-electron chi connectivity index (χ2n) is 6.45. The molecular formula is C15H22FN3O2. The normalized spacial score (nSPS) is 27.8. The lowest BCUT2D eigenvalue weighted by Crippen LogP contribution is -2.40. The van der Waals surface area contributed by atoms with Gasteiger partial charge in [0.1, 0.15) is 11.9 Å². The Morgan fingerprint density at radius 3 is 3.00 bits per heavy atom. The average Bonchev–Trinajstić information content (AvgIpc) is 3.04. The summed E-state index contributed by atoms with van der Waals surface area (Å²) < 4.78 is 18.3. The molecule has 1 N–H and O–H groups in total. The molecule has 116 valence electrons. The van der Waals surface area contributed by atoms with E-state index in [2.05, 4.69) is 22.3 Å². The van der Waals surface area contributed by atoms with Gasteiger partial charge in [-0.05, 0) is 25.7 Å². The maximum absolute atomic E-state index is 13.1. The van der Waals surface area contributed by atoms with Gasteiger partial charge < -0.3 is 9.84 Å². The van der Waals surface area contributed by atoms with Gasteiger partial charge in [-0.25, -0.2) is 4.39 Å². The van der Waals surface area contributed by atoms with E-state index >= 15 is 0 Å². The van der Waals surface area contributed by atoms with Crippen molar-refractivity contribution in [1.29, 1.82) is 0 Å². The molecule has 1 aromatic rings. The van der Waals surface area contributed by atoms with Crippen molar-refractivity contribution in [2.75, 3.05) is 19.6 Å².